The Kier molecular flexibility index (Phi) is 11.4. The minimum atomic E-state index is -0.513. The van der Waals surface area contributed by atoms with Crippen LogP contribution in [-0.2, 0) is 9.59 Å². The van der Waals surface area contributed by atoms with Crippen molar-refractivity contribution in [3.63, 3.8) is 0 Å². The molecule has 5 aromatic rings. The Hall–Kier alpha value is -5.19. The van der Waals surface area contributed by atoms with Gasteiger partial charge in [0.1, 0.15) is 11.4 Å². The third-order valence-corrected chi connectivity index (χ3v) is 9.60. The molecule has 0 aliphatic rings. The van der Waals surface area contributed by atoms with E-state index < -0.39 is 17.1 Å². The highest BCUT2D eigenvalue weighted by atomic mass is 32.2. The van der Waals surface area contributed by atoms with Crippen LogP contribution in [0.3, 0.4) is 0 Å². The van der Waals surface area contributed by atoms with E-state index in [0.717, 1.165) is 21.0 Å². The van der Waals surface area contributed by atoms with Crippen LogP contribution in [0.25, 0.3) is 17.3 Å². The summed E-state index contributed by atoms with van der Waals surface area (Å²) in [5.74, 6) is -0.528. The van der Waals surface area contributed by atoms with E-state index in [-0.39, 0.29) is 11.6 Å². The number of methoxy groups -OCH3 is 1. The molecule has 0 fully saturated rings. The molecule has 0 saturated carbocycles. The van der Waals surface area contributed by atoms with Crippen molar-refractivity contribution in [2.45, 2.75) is 37.3 Å². The van der Waals surface area contributed by atoms with Gasteiger partial charge in [0, 0.05) is 32.2 Å². The van der Waals surface area contributed by atoms with Gasteiger partial charge in [-0.1, -0.05) is 79.2 Å². The molecule has 0 bridgehead atoms. The van der Waals surface area contributed by atoms with Gasteiger partial charge in [0.25, 0.3) is 11.8 Å². The zero-order valence-corrected chi connectivity index (χ0v) is 28.7. The van der Waals surface area contributed by atoms with Crippen LogP contribution in [0.4, 0.5) is 10.8 Å². The summed E-state index contributed by atoms with van der Waals surface area (Å²) in [6.45, 7) is 6.00. The predicted molar refractivity (Wildman–Crippen MR) is 196 cm³/mol. The largest absolute Gasteiger partial charge is 0.496 e. The average molecular weight is 677 g/mol. The lowest BCUT2D eigenvalue weighted by Crippen LogP contribution is -2.30. The number of rotatable bonds is 12. The van der Waals surface area contributed by atoms with Crippen LogP contribution in [-0.4, -0.2) is 35.1 Å². The molecule has 8 nitrogen and oxygen atoms in total. The number of nitrogens with one attached hydrogen (secondary N) is 3. The number of hydrogen-bond donors (Lipinski definition) is 3. The highest BCUT2D eigenvalue weighted by Gasteiger charge is 2.21. The number of thiazole rings is 1. The van der Waals surface area contributed by atoms with Gasteiger partial charge in [0.15, 0.2) is 5.13 Å². The lowest BCUT2D eigenvalue weighted by molar-refractivity contribution is -0.116. The number of aromatic nitrogens is 1. The fourth-order valence-corrected chi connectivity index (χ4v) is 6.68. The highest BCUT2D eigenvalue weighted by molar-refractivity contribution is 8.00. The molecular formula is C38H36N4O4S2. The zero-order chi connectivity index (χ0) is 34.0. The summed E-state index contributed by atoms with van der Waals surface area (Å²) in [6, 6.07) is 31.3. The minimum Gasteiger partial charge on any atom is -0.496 e. The number of ether oxygens (including phenoxy) is 1. The number of benzene rings is 4. The first-order chi connectivity index (χ1) is 23.2. The summed E-state index contributed by atoms with van der Waals surface area (Å²) in [5.41, 5.74) is 4.64. The second-order valence-electron chi connectivity index (χ2n) is 10.9. The number of anilines is 2. The second-order valence-corrected chi connectivity index (χ2v) is 13.4. The van der Waals surface area contributed by atoms with Crippen molar-refractivity contribution < 1.29 is 19.1 Å². The van der Waals surface area contributed by atoms with Crippen LogP contribution in [0, 0.1) is 13.8 Å². The van der Waals surface area contributed by atoms with Gasteiger partial charge in [-0.2, -0.15) is 0 Å². The van der Waals surface area contributed by atoms with Crippen LogP contribution >= 0.6 is 23.1 Å². The van der Waals surface area contributed by atoms with Crippen molar-refractivity contribution >= 4 is 57.7 Å². The van der Waals surface area contributed by atoms with Crippen molar-refractivity contribution in [1.82, 2.24) is 10.3 Å². The number of amides is 3. The molecule has 1 heterocycles. The van der Waals surface area contributed by atoms with E-state index in [9.17, 15) is 14.4 Å². The number of carbonyl (C=O) groups is 3. The molecule has 1 unspecified atom stereocenters. The normalized spacial score (nSPS) is 11.8. The average Bonchev–Trinajstić information content (AvgIpc) is 3.47. The molecule has 48 heavy (non-hydrogen) atoms. The molecule has 4 aromatic carbocycles. The Morgan fingerprint density at radius 1 is 0.896 bits per heavy atom. The maximum atomic E-state index is 13.6. The van der Waals surface area contributed by atoms with Crippen molar-refractivity contribution in [2.24, 2.45) is 0 Å². The zero-order valence-electron chi connectivity index (χ0n) is 27.1. The number of thioether (sulfide) groups is 1. The van der Waals surface area contributed by atoms with Gasteiger partial charge < -0.3 is 20.7 Å². The topological polar surface area (TPSA) is 109 Å². The quantitative estimate of drug-likeness (QED) is 0.0906. The Bertz CT molecular complexity index is 1940. The minimum absolute atomic E-state index is 0.0426. The Labute approximate surface area is 288 Å². The standard InChI is InChI=1S/C38H36N4O4S2/c1-5-33(37(45)42-38-41-34(25(3)47-38)26-20-18-24(2)19-21-26)48-30-16-11-15-29(23-30)39-36(44)31(22-28-14-9-10-17-32(28)46-4)40-35(43)27-12-7-6-8-13-27/h6-23,33H,5H2,1-4H3,(H,39,44)(H,40,43)(H,41,42,45)/b31-22+. The molecule has 0 saturated heterocycles. The van der Waals surface area contributed by atoms with E-state index in [4.69, 9.17) is 9.72 Å². The van der Waals surface area contributed by atoms with E-state index >= 15 is 0 Å². The van der Waals surface area contributed by atoms with Gasteiger partial charge in [-0.05, 0) is 62.7 Å². The monoisotopic (exact) mass is 676 g/mol. The van der Waals surface area contributed by atoms with E-state index in [2.05, 4.69) is 16.0 Å². The summed E-state index contributed by atoms with van der Waals surface area (Å²) in [5, 5.41) is 8.82. The molecule has 10 heteroatoms. The first kappa shape index (κ1) is 34.2. The summed E-state index contributed by atoms with van der Waals surface area (Å²) in [7, 11) is 1.54. The van der Waals surface area contributed by atoms with E-state index in [1.54, 1.807) is 61.7 Å². The van der Waals surface area contributed by atoms with Crippen LogP contribution in [0.1, 0.15) is 39.7 Å². The Morgan fingerprint density at radius 3 is 2.35 bits per heavy atom. The second kappa shape index (κ2) is 16.1. The molecule has 1 aromatic heterocycles. The maximum absolute atomic E-state index is 13.6. The molecule has 0 spiro atoms. The summed E-state index contributed by atoms with van der Waals surface area (Å²) in [6.07, 6.45) is 2.16. The van der Waals surface area contributed by atoms with Crippen molar-refractivity contribution in [3.8, 4) is 17.0 Å². The molecule has 3 amide bonds. The van der Waals surface area contributed by atoms with Crippen molar-refractivity contribution in [2.75, 3.05) is 17.7 Å². The molecule has 0 aliphatic heterocycles. The lowest BCUT2D eigenvalue weighted by atomic mass is 10.1. The Morgan fingerprint density at radius 2 is 1.62 bits per heavy atom. The predicted octanol–water partition coefficient (Wildman–Crippen LogP) is 8.35. The summed E-state index contributed by atoms with van der Waals surface area (Å²) < 4.78 is 5.46. The first-order valence-electron chi connectivity index (χ1n) is 15.4. The van der Waals surface area contributed by atoms with Crippen LogP contribution in [0.2, 0.25) is 0 Å². The molecule has 1 atom stereocenters. The molecule has 0 aliphatic carbocycles. The molecule has 5 rings (SSSR count). The molecule has 0 radical (unpaired) electrons. The number of aryl methyl sites for hydroxylation is 2. The van der Waals surface area contributed by atoms with Crippen LogP contribution in [0.5, 0.6) is 5.75 Å². The van der Waals surface area contributed by atoms with E-state index in [1.165, 1.54) is 28.7 Å². The van der Waals surface area contributed by atoms with Gasteiger partial charge in [-0.15, -0.1) is 23.1 Å². The fourth-order valence-electron chi connectivity index (χ4n) is 4.83. The fraction of sp³-hybridized carbons (Fsp3) is 0.158. The lowest BCUT2D eigenvalue weighted by Gasteiger charge is -2.15. The molecule has 244 valence electrons. The van der Waals surface area contributed by atoms with Crippen molar-refractivity contribution in [3.05, 3.63) is 130 Å². The smallest absolute Gasteiger partial charge is 0.272 e. The Balaban J connectivity index is 1.30. The van der Waals surface area contributed by atoms with Crippen LogP contribution < -0.4 is 20.7 Å². The van der Waals surface area contributed by atoms with E-state index in [0.29, 0.717) is 34.1 Å². The van der Waals surface area contributed by atoms with Gasteiger partial charge >= 0.3 is 0 Å². The number of hydrogen-bond acceptors (Lipinski definition) is 7. The third kappa shape index (κ3) is 8.78. The highest BCUT2D eigenvalue weighted by Crippen LogP contribution is 2.33. The number of nitrogens with zero attached hydrogens (tertiary/aromatic N) is 1. The van der Waals surface area contributed by atoms with Crippen LogP contribution in [0.15, 0.2) is 114 Å². The van der Waals surface area contributed by atoms with Gasteiger partial charge in [-0.3, -0.25) is 14.4 Å². The van der Waals surface area contributed by atoms with Gasteiger partial charge in [0.05, 0.1) is 18.1 Å². The van der Waals surface area contributed by atoms with Gasteiger partial charge in [0.2, 0.25) is 5.91 Å². The SMILES string of the molecule is CCC(Sc1cccc(NC(=O)/C(=C\c2ccccc2OC)NC(=O)c2ccccc2)c1)C(=O)Nc1nc(-c2ccc(C)cc2)c(C)s1. The van der Waals surface area contributed by atoms with Crippen molar-refractivity contribution in [1.29, 1.82) is 0 Å². The maximum Gasteiger partial charge on any atom is 0.272 e. The number of carbonyl (C=O) groups excluding carboxylic acids is 3. The summed E-state index contributed by atoms with van der Waals surface area (Å²) in [4.78, 5) is 46.6. The summed E-state index contributed by atoms with van der Waals surface area (Å²) >= 11 is 2.85. The molecular weight excluding hydrogens is 641 g/mol. The van der Waals surface area contributed by atoms with E-state index in [1.807, 2.05) is 75.4 Å². The first-order valence-corrected chi connectivity index (χ1v) is 17.1. The molecule has 3 N–H and O–H groups in total. The number of para-hydroxylation sites is 1. The van der Waals surface area contributed by atoms with Gasteiger partial charge in [-0.25, -0.2) is 4.98 Å². The third-order valence-electron chi connectivity index (χ3n) is 7.35.